The summed E-state index contributed by atoms with van der Waals surface area (Å²) in [4.78, 5) is 65.3. The number of aliphatic imine (C=N–C) groups is 2. The van der Waals surface area contributed by atoms with E-state index in [1.807, 2.05) is 0 Å². The van der Waals surface area contributed by atoms with Gasteiger partial charge < -0.3 is 9.42 Å². The molecule has 164 valence electrons. The number of rotatable bonds is 4. The zero-order valence-electron chi connectivity index (χ0n) is 17.3. The molecule has 13 heteroatoms. The van der Waals surface area contributed by atoms with Crippen LogP contribution < -0.4 is 0 Å². The van der Waals surface area contributed by atoms with E-state index in [1.54, 1.807) is 17.1 Å². The topological polar surface area (TPSA) is 145 Å². The fraction of sp³-hybridized carbons (Fsp3) is 0.421. The van der Waals surface area contributed by atoms with Crippen LogP contribution >= 0.6 is 0 Å². The number of aromatic nitrogens is 2. The first-order chi connectivity index (χ1) is 15.3. The van der Waals surface area contributed by atoms with Crippen LogP contribution in [0.3, 0.4) is 0 Å². The van der Waals surface area contributed by atoms with Crippen LogP contribution in [0.5, 0.6) is 0 Å². The van der Waals surface area contributed by atoms with E-state index in [9.17, 15) is 19.2 Å². The second kappa shape index (κ2) is 7.28. The number of fused-ring (bicyclic) bond motifs is 1. The van der Waals surface area contributed by atoms with Gasteiger partial charge in [0.15, 0.2) is 12.4 Å². The van der Waals surface area contributed by atoms with Crippen molar-refractivity contribution in [1.82, 2.24) is 24.8 Å². The molecule has 2 saturated heterocycles. The van der Waals surface area contributed by atoms with Gasteiger partial charge in [-0.1, -0.05) is 11.2 Å². The summed E-state index contributed by atoms with van der Waals surface area (Å²) in [6, 6.07) is -1.26. The van der Waals surface area contributed by atoms with Gasteiger partial charge in [-0.25, -0.2) is 14.4 Å². The van der Waals surface area contributed by atoms with E-state index in [-0.39, 0.29) is 30.1 Å². The molecule has 4 aliphatic heterocycles. The number of carbonyl (C=O) groups is 4. The van der Waals surface area contributed by atoms with Crippen molar-refractivity contribution in [1.29, 1.82) is 0 Å². The number of nitrogens with zero attached hydrogens (tertiary/aromatic N) is 8. The van der Waals surface area contributed by atoms with Crippen molar-refractivity contribution in [2.24, 2.45) is 9.98 Å². The van der Waals surface area contributed by atoms with Gasteiger partial charge in [-0.2, -0.15) is 4.98 Å². The largest absolute Gasteiger partial charge is 0.339 e. The second-order valence-electron chi connectivity index (χ2n) is 7.88. The third kappa shape index (κ3) is 3.04. The summed E-state index contributed by atoms with van der Waals surface area (Å²) >= 11 is 0. The van der Waals surface area contributed by atoms with Crippen LogP contribution in [0, 0.1) is 0 Å². The fourth-order valence-corrected chi connectivity index (χ4v) is 3.94. The van der Waals surface area contributed by atoms with E-state index < -0.39 is 23.9 Å². The molecule has 0 bridgehead atoms. The lowest BCUT2D eigenvalue weighted by Crippen LogP contribution is -2.62. The van der Waals surface area contributed by atoms with Crippen LogP contribution in [0.1, 0.15) is 23.6 Å². The maximum Gasteiger partial charge on any atom is 0.333 e. The van der Waals surface area contributed by atoms with Crippen molar-refractivity contribution < 1.29 is 28.3 Å². The summed E-state index contributed by atoms with van der Waals surface area (Å²) in [6.45, 7) is 0.706. The molecule has 4 aliphatic rings. The maximum atomic E-state index is 12.7. The minimum absolute atomic E-state index is 0.0551. The monoisotopic (exact) mass is 439 g/mol. The number of imide groups is 1. The molecule has 13 nitrogen and oxygen atoms in total. The minimum atomic E-state index is -0.800. The van der Waals surface area contributed by atoms with Crippen LogP contribution in [-0.4, -0.2) is 111 Å². The van der Waals surface area contributed by atoms with Crippen molar-refractivity contribution in [2.75, 3.05) is 33.7 Å². The molecule has 5 amide bonds. The lowest BCUT2D eigenvalue weighted by Gasteiger charge is -2.37. The number of allylic oxidation sites excluding steroid dienone is 1. The number of carbonyl (C=O) groups excluding carboxylic acids is 4. The predicted molar refractivity (Wildman–Crippen MR) is 107 cm³/mol. The Balaban J connectivity index is 1.19. The number of amides is 5. The van der Waals surface area contributed by atoms with E-state index in [1.165, 1.54) is 36.1 Å². The zero-order chi connectivity index (χ0) is 22.6. The van der Waals surface area contributed by atoms with Crippen molar-refractivity contribution >= 4 is 42.1 Å². The zero-order valence-corrected chi connectivity index (χ0v) is 17.3. The quantitative estimate of drug-likeness (QED) is 0.524. The highest BCUT2D eigenvalue weighted by atomic mass is 16.5. The van der Waals surface area contributed by atoms with E-state index in [0.29, 0.717) is 24.8 Å². The average Bonchev–Trinajstić information content (AvgIpc) is 3.38. The Labute approximate surface area is 181 Å². The van der Waals surface area contributed by atoms with Gasteiger partial charge >= 0.3 is 6.03 Å². The van der Waals surface area contributed by atoms with Gasteiger partial charge in [0, 0.05) is 33.4 Å². The Morgan fingerprint density at radius 3 is 2.75 bits per heavy atom. The van der Waals surface area contributed by atoms with Crippen LogP contribution in [0.25, 0.3) is 0 Å². The Kier molecular flexibility index (Phi) is 4.53. The summed E-state index contributed by atoms with van der Waals surface area (Å²) in [6.07, 6.45) is 6.13. The Morgan fingerprint density at radius 1 is 1.22 bits per heavy atom. The number of likely N-dealkylation sites (N-methyl/N-ethyl adjacent to an activating group) is 2. The van der Waals surface area contributed by atoms with Gasteiger partial charge in [0.05, 0.1) is 5.92 Å². The van der Waals surface area contributed by atoms with E-state index in [0.717, 1.165) is 4.90 Å². The number of hydrogen-bond donors (Lipinski definition) is 0. The van der Waals surface area contributed by atoms with E-state index >= 15 is 0 Å². The molecular formula is C19H19N8O5+. The lowest BCUT2D eigenvalue weighted by molar-refractivity contribution is -0.521. The normalized spacial score (nSPS) is 25.2. The number of likely N-dealkylation sites (tertiary alicyclic amines) is 1. The summed E-state index contributed by atoms with van der Waals surface area (Å²) in [5.41, 5.74) is 0. The van der Waals surface area contributed by atoms with Crippen LogP contribution in [0.15, 0.2) is 26.7 Å². The van der Waals surface area contributed by atoms with Crippen LogP contribution in [0.4, 0.5) is 4.79 Å². The highest BCUT2D eigenvalue weighted by molar-refractivity contribution is 6.21. The SMILES string of the molecule is CN1C(=O)C2C(=NC=[N+]2CC(=O)N2CC(c3nc(C4C=CC=NC4=O)no3)C2)N(C)C1=O. The highest BCUT2D eigenvalue weighted by Crippen LogP contribution is 2.28. The van der Waals surface area contributed by atoms with Crippen molar-refractivity contribution in [3.05, 3.63) is 23.9 Å². The first kappa shape index (κ1) is 19.9. The molecule has 0 aromatic carbocycles. The maximum absolute atomic E-state index is 12.7. The fourth-order valence-electron chi connectivity index (χ4n) is 3.94. The molecule has 0 spiro atoms. The van der Waals surface area contributed by atoms with Gasteiger partial charge in [-0.05, 0) is 11.1 Å². The smallest absolute Gasteiger partial charge is 0.333 e. The molecule has 0 saturated carbocycles. The first-order valence-corrected chi connectivity index (χ1v) is 9.93. The molecule has 0 radical (unpaired) electrons. The molecule has 2 unspecified atom stereocenters. The van der Waals surface area contributed by atoms with Gasteiger partial charge in [0.25, 0.3) is 35.9 Å². The third-order valence-corrected chi connectivity index (χ3v) is 5.89. The molecule has 5 rings (SSSR count). The molecule has 5 heterocycles. The van der Waals surface area contributed by atoms with Crippen molar-refractivity contribution in [3.63, 3.8) is 0 Å². The minimum Gasteiger partial charge on any atom is -0.339 e. The number of amidine groups is 1. The third-order valence-electron chi connectivity index (χ3n) is 5.89. The molecular weight excluding hydrogens is 420 g/mol. The van der Waals surface area contributed by atoms with E-state index in [4.69, 9.17) is 4.52 Å². The molecule has 0 N–H and O–H groups in total. The van der Waals surface area contributed by atoms with Crippen LogP contribution in [0.2, 0.25) is 0 Å². The second-order valence-corrected chi connectivity index (χ2v) is 7.88. The van der Waals surface area contributed by atoms with Crippen LogP contribution in [-0.2, 0) is 14.4 Å². The van der Waals surface area contributed by atoms with Gasteiger partial charge in [0.2, 0.25) is 5.89 Å². The summed E-state index contributed by atoms with van der Waals surface area (Å²) in [5, 5.41) is 3.88. The summed E-state index contributed by atoms with van der Waals surface area (Å²) < 4.78 is 6.82. The molecule has 1 aromatic heterocycles. The number of urea groups is 1. The molecule has 2 fully saturated rings. The standard InChI is InChI=1S/C19H19N8O5/c1-24-15-13(18(30)25(2)19(24)31)27(9-21-15)8-12(28)26-6-10(7-26)17-22-14(23-32-17)11-4-3-5-20-16(11)29/h3-5,9-11,13H,6-8H2,1-2H3/q+1. The van der Waals surface area contributed by atoms with Crippen molar-refractivity contribution in [3.8, 4) is 0 Å². The Bertz CT molecular complexity index is 1160. The molecule has 32 heavy (non-hydrogen) atoms. The Morgan fingerprint density at radius 2 is 2.00 bits per heavy atom. The molecule has 2 atom stereocenters. The first-order valence-electron chi connectivity index (χ1n) is 9.93. The van der Waals surface area contributed by atoms with E-state index in [2.05, 4.69) is 20.1 Å². The number of dihydropyridines is 1. The number of hydrogen-bond acceptors (Lipinski definition) is 8. The highest BCUT2D eigenvalue weighted by Gasteiger charge is 2.51. The predicted octanol–water partition coefficient (Wildman–Crippen LogP) is -1.41. The van der Waals surface area contributed by atoms with Gasteiger partial charge in [-0.15, -0.1) is 0 Å². The lowest BCUT2D eigenvalue weighted by atomic mass is 9.99. The summed E-state index contributed by atoms with van der Waals surface area (Å²) in [5.74, 6) is -0.851. The summed E-state index contributed by atoms with van der Waals surface area (Å²) in [7, 11) is 2.94. The molecule has 0 aliphatic carbocycles. The average molecular weight is 439 g/mol. The molecule has 1 aromatic rings. The van der Waals surface area contributed by atoms with Gasteiger partial charge in [-0.3, -0.25) is 24.2 Å². The van der Waals surface area contributed by atoms with Gasteiger partial charge in [0.1, 0.15) is 5.92 Å². The Hall–Kier alpha value is -4.03. The van der Waals surface area contributed by atoms with Crippen molar-refractivity contribution in [2.45, 2.75) is 17.9 Å².